The molecule has 4 heteroatoms. The molecule has 11 heavy (non-hydrogen) atoms. The Hall–Kier alpha value is -0.740. The summed E-state index contributed by atoms with van der Waals surface area (Å²) in [6.07, 6.45) is 1.64. The molecule has 0 spiro atoms. The lowest BCUT2D eigenvalue weighted by Crippen LogP contribution is -2.30. The van der Waals surface area contributed by atoms with Gasteiger partial charge in [-0.2, -0.15) is 0 Å². The molecule has 3 nitrogen and oxygen atoms in total. The number of hydrogen-bond donors (Lipinski definition) is 1. The molecular formula is C7H10N2OS. The molecule has 60 valence electrons. The fourth-order valence-electron chi connectivity index (χ4n) is 0.661. The molecule has 0 fully saturated rings. The maximum Gasteiger partial charge on any atom is 0.207 e. The fourth-order valence-corrected chi connectivity index (χ4v) is 1.33. The molecule has 0 aliphatic carbocycles. The number of Topliss-reactive ketones (excluding diaryl/α,β-unsaturated/α-hetero) is 1. The van der Waals surface area contributed by atoms with Crippen molar-refractivity contribution in [3.05, 3.63) is 16.6 Å². The summed E-state index contributed by atoms with van der Waals surface area (Å²) >= 11 is 1.37. The van der Waals surface area contributed by atoms with Crippen molar-refractivity contribution in [2.45, 2.75) is 13.0 Å². The maximum atomic E-state index is 11.3. The summed E-state index contributed by atoms with van der Waals surface area (Å²) in [7, 11) is 1.76. The molecule has 1 rings (SSSR count). The maximum absolute atomic E-state index is 11.3. The number of aromatic nitrogens is 1. The van der Waals surface area contributed by atoms with Crippen LogP contribution >= 0.6 is 11.3 Å². The first kappa shape index (κ1) is 8.36. The smallest absolute Gasteiger partial charge is 0.207 e. The predicted molar refractivity (Wildman–Crippen MR) is 45.0 cm³/mol. The summed E-state index contributed by atoms with van der Waals surface area (Å²) in [5.74, 6) is 0.0579. The zero-order chi connectivity index (χ0) is 8.27. The van der Waals surface area contributed by atoms with Gasteiger partial charge in [-0.15, -0.1) is 11.3 Å². The van der Waals surface area contributed by atoms with Gasteiger partial charge in [-0.25, -0.2) is 4.98 Å². The summed E-state index contributed by atoms with van der Waals surface area (Å²) in [6.45, 7) is 1.82. The topological polar surface area (TPSA) is 42.0 Å². The normalized spacial score (nSPS) is 12.9. The molecule has 0 aliphatic heterocycles. The van der Waals surface area contributed by atoms with Crippen molar-refractivity contribution in [1.82, 2.24) is 10.3 Å². The molecule has 0 bridgehead atoms. The highest BCUT2D eigenvalue weighted by Crippen LogP contribution is 2.06. The van der Waals surface area contributed by atoms with E-state index < -0.39 is 0 Å². The van der Waals surface area contributed by atoms with Crippen LogP contribution in [0.15, 0.2) is 11.6 Å². The number of carbonyl (C=O) groups is 1. The molecule has 1 atom stereocenters. The average molecular weight is 170 g/mol. The zero-order valence-electron chi connectivity index (χ0n) is 6.50. The van der Waals surface area contributed by atoms with E-state index in [0.29, 0.717) is 5.01 Å². The Morgan fingerprint density at radius 1 is 1.82 bits per heavy atom. The van der Waals surface area contributed by atoms with Gasteiger partial charge in [-0.1, -0.05) is 0 Å². The van der Waals surface area contributed by atoms with Crippen molar-refractivity contribution in [3.8, 4) is 0 Å². The van der Waals surface area contributed by atoms with Gasteiger partial charge in [0.05, 0.1) is 6.04 Å². The first-order valence-corrected chi connectivity index (χ1v) is 4.24. The van der Waals surface area contributed by atoms with Crippen molar-refractivity contribution in [3.63, 3.8) is 0 Å². The van der Waals surface area contributed by atoms with Gasteiger partial charge in [-0.3, -0.25) is 4.79 Å². The Morgan fingerprint density at radius 3 is 3.00 bits per heavy atom. The van der Waals surface area contributed by atoms with E-state index in [2.05, 4.69) is 10.3 Å². The number of hydrogen-bond acceptors (Lipinski definition) is 4. The van der Waals surface area contributed by atoms with Gasteiger partial charge in [-0.05, 0) is 14.0 Å². The van der Waals surface area contributed by atoms with E-state index in [-0.39, 0.29) is 11.8 Å². The van der Waals surface area contributed by atoms with E-state index in [0.717, 1.165) is 0 Å². The van der Waals surface area contributed by atoms with Gasteiger partial charge >= 0.3 is 0 Å². The van der Waals surface area contributed by atoms with Crippen molar-refractivity contribution >= 4 is 17.1 Å². The highest BCUT2D eigenvalue weighted by atomic mass is 32.1. The van der Waals surface area contributed by atoms with Crippen molar-refractivity contribution in [2.24, 2.45) is 0 Å². The van der Waals surface area contributed by atoms with Gasteiger partial charge < -0.3 is 5.32 Å². The number of rotatable bonds is 3. The molecule has 0 amide bonds. The second-order valence-corrected chi connectivity index (χ2v) is 3.11. The molecule has 0 aliphatic rings. The van der Waals surface area contributed by atoms with E-state index >= 15 is 0 Å². The molecular weight excluding hydrogens is 160 g/mol. The Morgan fingerprint density at radius 2 is 2.55 bits per heavy atom. The molecule has 0 saturated carbocycles. The minimum absolute atomic E-state index is 0.0579. The number of ketones is 1. The van der Waals surface area contributed by atoms with Crippen LogP contribution in [0.4, 0.5) is 0 Å². The summed E-state index contributed by atoms with van der Waals surface area (Å²) in [5, 5.41) is 5.25. The third kappa shape index (κ3) is 1.85. The van der Waals surface area contributed by atoms with Gasteiger partial charge in [0.25, 0.3) is 0 Å². The van der Waals surface area contributed by atoms with Gasteiger partial charge in [0.1, 0.15) is 0 Å². The molecule has 1 aromatic rings. The third-order valence-corrected chi connectivity index (χ3v) is 2.26. The van der Waals surface area contributed by atoms with E-state index in [9.17, 15) is 4.79 Å². The largest absolute Gasteiger partial charge is 0.310 e. The monoisotopic (exact) mass is 170 g/mol. The summed E-state index contributed by atoms with van der Waals surface area (Å²) < 4.78 is 0. The standard InChI is InChI=1S/C7H10N2OS/c1-5(8-2)6(10)7-9-3-4-11-7/h3-5,8H,1-2H3/t5-/m0/s1. The minimum atomic E-state index is -0.138. The van der Waals surface area contributed by atoms with Crippen LogP contribution in [-0.2, 0) is 0 Å². The molecule has 0 aromatic carbocycles. The number of thiazole rings is 1. The van der Waals surface area contributed by atoms with E-state index in [1.54, 1.807) is 18.6 Å². The lowest BCUT2D eigenvalue weighted by atomic mass is 10.2. The van der Waals surface area contributed by atoms with Crippen LogP contribution in [0.25, 0.3) is 0 Å². The first-order valence-electron chi connectivity index (χ1n) is 3.36. The quantitative estimate of drug-likeness (QED) is 0.686. The van der Waals surface area contributed by atoms with Crippen molar-refractivity contribution in [1.29, 1.82) is 0 Å². The van der Waals surface area contributed by atoms with Gasteiger partial charge in [0.2, 0.25) is 5.78 Å². The highest BCUT2D eigenvalue weighted by molar-refractivity contribution is 7.11. The van der Waals surface area contributed by atoms with E-state index in [4.69, 9.17) is 0 Å². The fraction of sp³-hybridized carbons (Fsp3) is 0.429. The van der Waals surface area contributed by atoms with Crippen LogP contribution in [0.1, 0.15) is 16.7 Å². The number of nitrogens with one attached hydrogen (secondary N) is 1. The SMILES string of the molecule is CN[C@@H](C)C(=O)c1nccs1. The highest BCUT2D eigenvalue weighted by Gasteiger charge is 2.14. The lowest BCUT2D eigenvalue weighted by molar-refractivity contribution is 0.0954. The van der Waals surface area contributed by atoms with Crippen molar-refractivity contribution < 1.29 is 4.79 Å². The first-order chi connectivity index (χ1) is 5.25. The Bertz CT molecular complexity index is 233. The number of nitrogens with zero attached hydrogens (tertiary/aromatic N) is 1. The minimum Gasteiger partial charge on any atom is -0.310 e. The molecule has 1 aromatic heterocycles. The van der Waals surface area contributed by atoms with E-state index in [1.807, 2.05) is 6.92 Å². The second kappa shape index (κ2) is 3.59. The number of likely N-dealkylation sites (N-methyl/N-ethyl adjacent to an activating group) is 1. The molecule has 0 radical (unpaired) electrons. The summed E-state index contributed by atoms with van der Waals surface area (Å²) in [6, 6.07) is -0.138. The van der Waals surface area contributed by atoms with Crippen LogP contribution in [0.3, 0.4) is 0 Å². The molecule has 1 N–H and O–H groups in total. The third-order valence-electron chi connectivity index (χ3n) is 1.47. The Labute approximate surface area is 69.5 Å². The lowest BCUT2D eigenvalue weighted by Gasteiger charge is -2.04. The Balaban J connectivity index is 2.70. The number of carbonyl (C=O) groups excluding carboxylic acids is 1. The predicted octanol–water partition coefficient (Wildman–Crippen LogP) is 0.934. The van der Waals surface area contributed by atoms with Crippen LogP contribution in [0.5, 0.6) is 0 Å². The molecule has 0 saturated heterocycles. The second-order valence-electron chi connectivity index (χ2n) is 2.21. The Kier molecular flexibility index (Phi) is 2.73. The zero-order valence-corrected chi connectivity index (χ0v) is 7.31. The molecule has 1 heterocycles. The van der Waals surface area contributed by atoms with Crippen LogP contribution in [-0.4, -0.2) is 23.9 Å². The van der Waals surface area contributed by atoms with Crippen LogP contribution in [0, 0.1) is 0 Å². The van der Waals surface area contributed by atoms with Crippen LogP contribution in [0.2, 0.25) is 0 Å². The van der Waals surface area contributed by atoms with Gasteiger partial charge in [0, 0.05) is 11.6 Å². The van der Waals surface area contributed by atoms with Crippen LogP contribution < -0.4 is 5.32 Å². The van der Waals surface area contributed by atoms with Gasteiger partial charge in [0.15, 0.2) is 5.01 Å². The average Bonchev–Trinajstić information content (AvgIpc) is 2.53. The van der Waals surface area contributed by atoms with Crippen molar-refractivity contribution in [2.75, 3.05) is 7.05 Å². The van der Waals surface area contributed by atoms with E-state index in [1.165, 1.54) is 11.3 Å². The molecule has 0 unspecified atom stereocenters. The summed E-state index contributed by atoms with van der Waals surface area (Å²) in [5.41, 5.74) is 0. The summed E-state index contributed by atoms with van der Waals surface area (Å²) in [4.78, 5) is 15.2.